The molecule has 1 aliphatic carbocycles. The normalized spacial score (nSPS) is 33.5. The maximum atomic E-state index is 5.83. The second kappa shape index (κ2) is 3.75. The highest BCUT2D eigenvalue weighted by Crippen LogP contribution is 2.38. The van der Waals surface area contributed by atoms with Crippen LogP contribution >= 0.6 is 0 Å². The van der Waals surface area contributed by atoms with Gasteiger partial charge in [0.05, 0.1) is 0 Å². The van der Waals surface area contributed by atoms with Crippen LogP contribution in [0.15, 0.2) is 0 Å². The van der Waals surface area contributed by atoms with Crippen molar-refractivity contribution in [1.29, 1.82) is 0 Å². The van der Waals surface area contributed by atoms with Crippen molar-refractivity contribution in [3.8, 4) is 0 Å². The third-order valence-electron chi connectivity index (χ3n) is 3.25. The molecule has 1 rings (SSSR count). The average molecular weight is 170 g/mol. The van der Waals surface area contributed by atoms with Crippen LogP contribution in [-0.2, 0) is 0 Å². The Bertz CT molecular complexity index is 145. The van der Waals surface area contributed by atoms with E-state index in [9.17, 15) is 0 Å². The molecule has 1 fully saturated rings. The summed E-state index contributed by atoms with van der Waals surface area (Å²) in [6.45, 7) is 7.84. The van der Waals surface area contributed by atoms with Crippen LogP contribution in [0.25, 0.3) is 0 Å². The summed E-state index contributed by atoms with van der Waals surface area (Å²) < 4.78 is 0. The molecule has 0 aromatic rings. The van der Waals surface area contributed by atoms with E-state index in [2.05, 4.69) is 32.7 Å². The first-order valence-electron chi connectivity index (χ1n) is 4.98. The zero-order chi connectivity index (χ0) is 9.30. The van der Waals surface area contributed by atoms with Gasteiger partial charge in [-0.2, -0.15) is 0 Å². The minimum absolute atomic E-state index is 0.282. The van der Waals surface area contributed by atoms with E-state index in [1.54, 1.807) is 0 Å². The van der Waals surface area contributed by atoms with E-state index in [0.29, 0.717) is 6.04 Å². The molecule has 4 atom stereocenters. The number of rotatable bonds is 4. The fraction of sp³-hybridized carbons (Fsp3) is 1.00. The maximum Gasteiger partial charge on any atom is 0.0213 e. The Morgan fingerprint density at radius 1 is 1.50 bits per heavy atom. The third-order valence-corrected chi connectivity index (χ3v) is 3.25. The number of hydrogen-bond donors (Lipinski definition) is 1. The Balaban J connectivity index is 2.23. The van der Waals surface area contributed by atoms with E-state index < -0.39 is 0 Å². The van der Waals surface area contributed by atoms with Gasteiger partial charge in [0.25, 0.3) is 0 Å². The highest BCUT2D eigenvalue weighted by molar-refractivity contribution is 4.86. The van der Waals surface area contributed by atoms with Gasteiger partial charge in [-0.1, -0.05) is 6.92 Å². The number of nitrogens with zero attached hydrogens (tertiary/aromatic N) is 1. The fourth-order valence-electron chi connectivity index (χ4n) is 1.59. The zero-order valence-corrected chi connectivity index (χ0v) is 8.75. The molecule has 2 nitrogen and oxygen atoms in total. The second-order valence-electron chi connectivity index (χ2n) is 4.51. The van der Waals surface area contributed by atoms with E-state index >= 15 is 0 Å². The molecule has 0 aromatic carbocycles. The van der Waals surface area contributed by atoms with Crippen LogP contribution in [0.5, 0.6) is 0 Å². The molecule has 1 aliphatic rings. The molecule has 12 heavy (non-hydrogen) atoms. The molecule has 72 valence electrons. The van der Waals surface area contributed by atoms with Crippen molar-refractivity contribution in [3.63, 3.8) is 0 Å². The van der Waals surface area contributed by atoms with Crippen molar-refractivity contribution >= 4 is 0 Å². The maximum absolute atomic E-state index is 5.83. The molecule has 0 spiro atoms. The molecular formula is C10H22N2. The van der Waals surface area contributed by atoms with Crippen molar-refractivity contribution < 1.29 is 0 Å². The summed E-state index contributed by atoms with van der Waals surface area (Å²) in [7, 11) is 2.18. The van der Waals surface area contributed by atoms with E-state index in [1.165, 1.54) is 13.0 Å². The lowest BCUT2D eigenvalue weighted by molar-refractivity contribution is 0.221. The molecule has 0 aliphatic heterocycles. The van der Waals surface area contributed by atoms with Gasteiger partial charge in [0.15, 0.2) is 0 Å². The van der Waals surface area contributed by atoms with E-state index in [0.717, 1.165) is 11.8 Å². The lowest BCUT2D eigenvalue weighted by Crippen LogP contribution is -2.43. The predicted octanol–water partition coefficient (Wildman–Crippen LogP) is 1.31. The van der Waals surface area contributed by atoms with Gasteiger partial charge in [0.2, 0.25) is 0 Å². The quantitative estimate of drug-likeness (QED) is 0.689. The van der Waals surface area contributed by atoms with Crippen molar-refractivity contribution in [2.75, 3.05) is 13.6 Å². The van der Waals surface area contributed by atoms with E-state index in [4.69, 9.17) is 5.73 Å². The van der Waals surface area contributed by atoms with Crippen LogP contribution in [0.1, 0.15) is 27.2 Å². The Kier molecular flexibility index (Phi) is 3.13. The van der Waals surface area contributed by atoms with Gasteiger partial charge < -0.3 is 10.6 Å². The van der Waals surface area contributed by atoms with E-state index in [1.807, 2.05) is 0 Å². The van der Waals surface area contributed by atoms with Crippen LogP contribution in [-0.4, -0.2) is 30.6 Å². The lowest BCUT2D eigenvalue weighted by atomic mass is 10.1. The molecule has 0 radical (unpaired) electrons. The average Bonchev–Trinajstić information content (AvgIpc) is 2.64. The molecule has 0 aromatic heterocycles. The highest BCUT2D eigenvalue weighted by Gasteiger charge is 2.34. The summed E-state index contributed by atoms with van der Waals surface area (Å²) in [6, 6.07) is 0.793. The Hall–Kier alpha value is -0.0800. The largest absolute Gasteiger partial charge is 0.327 e. The molecular weight excluding hydrogens is 148 g/mol. The fourth-order valence-corrected chi connectivity index (χ4v) is 1.59. The van der Waals surface area contributed by atoms with Crippen LogP contribution < -0.4 is 5.73 Å². The smallest absolute Gasteiger partial charge is 0.0213 e. The summed E-state index contributed by atoms with van der Waals surface area (Å²) in [6.07, 6.45) is 1.41. The molecule has 2 heteroatoms. The van der Waals surface area contributed by atoms with Gasteiger partial charge in [0, 0.05) is 18.6 Å². The monoisotopic (exact) mass is 170 g/mol. The molecule has 4 unspecified atom stereocenters. The molecule has 0 heterocycles. The summed E-state index contributed by atoms with van der Waals surface area (Å²) in [5, 5.41) is 0. The van der Waals surface area contributed by atoms with Crippen molar-refractivity contribution in [1.82, 2.24) is 4.90 Å². The van der Waals surface area contributed by atoms with Gasteiger partial charge in [-0.15, -0.1) is 0 Å². The van der Waals surface area contributed by atoms with Gasteiger partial charge in [0.1, 0.15) is 0 Å². The van der Waals surface area contributed by atoms with Crippen LogP contribution in [0, 0.1) is 11.8 Å². The van der Waals surface area contributed by atoms with Gasteiger partial charge in [-0.25, -0.2) is 0 Å². The molecule has 2 N–H and O–H groups in total. The number of likely N-dealkylation sites (N-methyl/N-ethyl adjacent to an activating group) is 1. The zero-order valence-electron chi connectivity index (χ0n) is 8.75. The first-order chi connectivity index (χ1) is 5.52. The van der Waals surface area contributed by atoms with Crippen molar-refractivity contribution in [2.24, 2.45) is 17.6 Å². The molecule has 1 saturated carbocycles. The minimum atomic E-state index is 0.282. The number of nitrogens with two attached hydrogens (primary N) is 1. The van der Waals surface area contributed by atoms with Crippen LogP contribution in [0.4, 0.5) is 0 Å². The summed E-state index contributed by atoms with van der Waals surface area (Å²) >= 11 is 0. The van der Waals surface area contributed by atoms with E-state index in [-0.39, 0.29) is 6.04 Å². The summed E-state index contributed by atoms with van der Waals surface area (Å²) in [5.41, 5.74) is 5.83. The Labute approximate surface area is 76.1 Å². The summed E-state index contributed by atoms with van der Waals surface area (Å²) in [4.78, 5) is 2.39. The van der Waals surface area contributed by atoms with Crippen molar-refractivity contribution in [2.45, 2.75) is 39.3 Å². The molecule has 0 saturated heterocycles. The van der Waals surface area contributed by atoms with Gasteiger partial charge >= 0.3 is 0 Å². The standard InChI is InChI=1S/C10H22N2/c1-7-5-10(7)6-12(4)9(3)8(2)11/h7-10H,5-6,11H2,1-4H3. The minimum Gasteiger partial charge on any atom is -0.327 e. The van der Waals surface area contributed by atoms with Crippen molar-refractivity contribution in [3.05, 3.63) is 0 Å². The number of hydrogen-bond acceptors (Lipinski definition) is 2. The SMILES string of the molecule is CC(N)C(C)N(C)CC1CC1C. The first-order valence-corrected chi connectivity index (χ1v) is 4.98. The lowest BCUT2D eigenvalue weighted by Gasteiger charge is -2.27. The van der Waals surface area contributed by atoms with Gasteiger partial charge in [-0.05, 0) is 39.2 Å². The third kappa shape index (κ3) is 2.46. The van der Waals surface area contributed by atoms with Gasteiger partial charge in [-0.3, -0.25) is 0 Å². The summed E-state index contributed by atoms with van der Waals surface area (Å²) in [5.74, 6) is 1.89. The molecule has 0 amide bonds. The Morgan fingerprint density at radius 3 is 2.33 bits per heavy atom. The van der Waals surface area contributed by atoms with Crippen LogP contribution in [0.3, 0.4) is 0 Å². The van der Waals surface area contributed by atoms with Crippen LogP contribution in [0.2, 0.25) is 0 Å². The topological polar surface area (TPSA) is 29.3 Å². The highest BCUT2D eigenvalue weighted by atomic mass is 15.1. The second-order valence-corrected chi connectivity index (χ2v) is 4.51. The first kappa shape index (κ1) is 10.0. The Morgan fingerprint density at radius 2 is 2.00 bits per heavy atom. The predicted molar refractivity (Wildman–Crippen MR) is 53.0 cm³/mol. The molecule has 0 bridgehead atoms.